The van der Waals surface area contributed by atoms with Gasteiger partial charge in [0.1, 0.15) is 28.4 Å². The summed E-state index contributed by atoms with van der Waals surface area (Å²) in [6.07, 6.45) is 2.56. The molecule has 3 aliphatic rings. The Hall–Kier alpha value is -2.75. The Morgan fingerprint density at radius 2 is 2.16 bits per heavy atom. The average Bonchev–Trinajstić information content (AvgIpc) is 3.41. The van der Waals surface area contributed by atoms with Crippen LogP contribution in [0.4, 0.5) is 21.7 Å². The van der Waals surface area contributed by atoms with Crippen molar-refractivity contribution in [3.8, 4) is 5.75 Å². The third kappa shape index (κ3) is 3.50. The molecule has 0 amide bonds. The Morgan fingerprint density at radius 1 is 1.25 bits per heavy atom. The van der Waals surface area contributed by atoms with Crippen molar-refractivity contribution in [1.29, 1.82) is 0 Å². The number of fused-ring (bicyclic) bond motifs is 3. The fourth-order valence-corrected chi connectivity index (χ4v) is 4.70. The van der Waals surface area contributed by atoms with Crippen LogP contribution in [0.3, 0.4) is 0 Å². The highest BCUT2D eigenvalue weighted by Crippen LogP contribution is 2.35. The summed E-state index contributed by atoms with van der Waals surface area (Å²) >= 11 is 6.24. The summed E-state index contributed by atoms with van der Waals surface area (Å²) in [7, 11) is 0. The Bertz CT molecular complexity index is 1180. The smallest absolute Gasteiger partial charge is 0.169 e. The molecule has 0 spiro atoms. The Balaban J connectivity index is 1.27. The van der Waals surface area contributed by atoms with E-state index in [1.165, 1.54) is 6.33 Å². The highest BCUT2D eigenvalue weighted by atomic mass is 35.5. The van der Waals surface area contributed by atoms with Gasteiger partial charge in [0.15, 0.2) is 11.6 Å². The molecular weight excluding hydrogens is 435 g/mol. The Labute approximate surface area is 189 Å². The van der Waals surface area contributed by atoms with Crippen molar-refractivity contribution in [3.63, 3.8) is 0 Å². The average molecular weight is 457 g/mol. The molecule has 3 aliphatic heterocycles. The van der Waals surface area contributed by atoms with Crippen LogP contribution in [0.1, 0.15) is 6.42 Å². The molecular formula is C22H22ClFN6O2. The number of nitrogens with zero attached hydrogens (tertiary/aromatic N) is 4. The first-order valence-corrected chi connectivity index (χ1v) is 11.1. The van der Waals surface area contributed by atoms with E-state index in [0.717, 1.165) is 25.3 Å². The minimum absolute atomic E-state index is 0.0668. The Kier molecular flexibility index (Phi) is 4.97. The standard InChI is InChI=1S/C22H22ClFN6O2/c23-19-17(32-10-12-8-31-9-12)3-1-15(20(19)24)28-22-21-16(26-11-27-22)2-4-18(29-21)30-7-13-5-14(30)6-25-13/h1-4,11-14,25H,5-10H2,(H,26,27,28)/t13-,14-/m0/s1. The highest BCUT2D eigenvalue weighted by Gasteiger charge is 2.38. The van der Waals surface area contributed by atoms with Crippen LogP contribution in [0.25, 0.3) is 11.0 Å². The van der Waals surface area contributed by atoms with E-state index in [-0.39, 0.29) is 10.7 Å². The molecule has 32 heavy (non-hydrogen) atoms. The number of hydrogen-bond donors (Lipinski definition) is 2. The van der Waals surface area contributed by atoms with Gasteiger partial charge in [0.25, 0.3) is 0 Å². The molecule has 10 heteroatoms. The van der Waals surface area contributed by atoms with Crippen molar-refractivity contribution < 1.29 is 13.9 Å². The van der Waals surface area contributed by atoms with Gasteiger partial charge in [0, 0.05) is 31.1 Å². The van der Waals surface area contributed by atoms with Crippen molar-refractivity contribution in [1.82, 2.24) is 20.3 Å². The van der Waals surface area contributed by atoms with Gasteiger partial charge in [-0.05, 0) is 30.7 Å². The molecule has 3 aromatic rings. The lowest BCUT2D eigenvalue weighted by molar-refractivity contribution is -0.0508. The fourth-order valence-electron chi connectivity index (χ4n) is 4.48. The molecule has 0 unspecified atom stereocenters. The van der Waals surface area contributed by atoms with Gasteiger partial charge in [-0.2, -0.15) is 0 Å². The van der Waals surface area contributed by atoms with Crippen LogP contribution < -0.4 is 20.3 Å². The topological polar surface area (TPSA) is 84.4 Å². The minimum Gasteiger partial charge on any atom is -0.491 e. The summed E-state index contributed by atoms with van der Waals surface area (Å²) in [4.78, 5) is 15.8. The molecule has 0 saturated carbocycles. The van der Waals surface area contributed by atoms with E-state index < -0.39 is 5.82 Å². The van der Waals surface area contributed by atoms with Crippen molar-refractivity contribution >= 4 is 40.0 Å². The number of anilines is 3. The second-order valence-corrected chi connectivity index (χ2v) is 8.86. The number of rotatable bonds is 6. The zero-order valence-electron chi connectivity index (χ0n) is 17.2. The number of halogens is 2. The van der Waals surface area contributed by atoms with E-state index in [0.29, 0.717) is 60.4 Å². The van der Waals surface area contributed by atoms with E-state index in [9.17, 15) is 0 Å². The molecule has 2 N–H and O–H groups in total. The summed E-state index contributed by atoms with van der Waals surface area (Å²) in [5, 5.41) is 6.47. The normalized spacial score (nSPS) is 22.4. The van der Waals surface area contributed by atoms with Crippen LogP contribution in [0, 0.1) is 11.7 Å². The number of pyridine rings is 1. The van der Waals surface area contributed by atoms with Crippen LogP contribution >= 0.6 is 11.6 Å². The van der Waals surface area contributed by atoms with E-state index in [1.54, 1.807) is 12.1 Å². The van der Waals surface area contributed by atoms with Gasteiger partial charge in [-0.1, -0.05) is 11.6 Å². The second kappa shape index (κ2) is 7.99. The first-order valence-electron chi connectivity index (χ1n) is 10.7. The number of hydrogen-bond acceptors (Lipinski definition) is 8. The molecule has 3 fully saturated rings. The monoisotopic (exact) mass is 456 g/mol. The second-order valence-electron chi connectivity index (χ2n) is 8.49. The lowest BCUT2D eigenvalue weighted by atomic mass is 10.1. The molecule has 0 radical (unpaired) electrons. The van der Waals surface area contributed by atoms with Crippen molar-refractivity contribution in [2.75, 3.05) is 43.1 Å². The predicted octanol–water partition coefficient (Wildman–Crippen LogP) is 3.14. The summed E-state index contributed by atoms with van der Waals surface area (Å²) < 4.78 is 25.8. The molecule has 1 aromatic carbocycles. The number of nitrogens with one attached hydrogen (secondary N) is 2. The van der Waals surface area contributed by atoms with Crippen LogP contribution in [0.15, 0.2) is 30.6 Å². The van der Waals surface area contributed by atoms with Gasteiger partial charge in [0.05, 0.1) is 31.0 Å². The van der Waals surface area contributed by atoms with Crippen molar-refractivity contribution in [3.05, 3.63) is 41.4 Å². The third-order valence-corrected chi connectivity index (χ3v) is 6.65. The maximum Gasteiger partial charge on any atom is 0.169 e. The molecule has 2 atom stereocenters. The maximum atomic E-state index is 15.0. The molecule has 166 valence electrons. The van der Waals surface area contributed by atoms with E-state index >= 15 is 4.39 Å². The van der Waals surface area contributed by atoms with E-state index in [4.69, 9.17) is 26.1 Å². The molecule has 2 bridgehead atoms. The predicted molar refractivity (Wildman–Crippen MR) is 119 cm³/mol. The van der Waals surface area contributed by atoms with Gasteiger partial charge < -0.3 is 25.0 Å². The van der Waals surface area contributed by atoms with Crippen LogP contribution in [-0.4, -0.2) is 59.9 Å². The van der Waals surface area contributed by atoms with Gasteiger partial charge in [-0.25, -0.2) is 19.3 Å². The SMILES string of the molecule is Fc1c(Nc2ncnc3ccc(N4C[C@@H]5C[C@H]4CN5)nc23)ccc(OCC2COC2)c1Cl. The first kappa shape index (κ1) is 19.9. The largest absolute Gasteiger partial charge is 0.491 e. The Morgan fingerprint density at radius 3 is 2.91 bits per heavy atom. The zero-order chi connectivity index (χ0) is 21.7. The van der Waals surface area contributed by atoms with Crippen molar-refractivity contribution in [2.45, 2.75) is 18.5 Å². The first-order chi connectivity index (χ1) is 15.7. The van der Waals surface area contributed by atoms with Gasteiger partial charge in [-0.15, -0.1) is 0 Å². The molecule has 6 rings (SSSR count). The van der Waals surface area contributed by atoms with Gasteiger partial charge >= 0.3 is 0 Å². The van der Waals surface area contributed by atoms with E-state index in [1.807, 2.05) is 12.1 Å². The van der Waals surface area contributed by atoms with Crippen LogP contribution in [0.5, 0.6) is 5.75 Å². The number of ether oxygens (including phenoxy) is 2. The summed E-state index contributed by atoms with van der Waals surface area (Å²) in [5.74, 6) is 1.34. The summed E-state index contributed by atoms with van der Waals surface area (Å²) in [5.41, 5.74) is 1.47. The summed E-state index contributed by atoms with van der Waals surface area (Å²) in [6.45, 7) is 3.66. The molecule has 5 heterocycles. The van der Waals surface area contributed by atoms with Gasteiger partial charge in [-0.3, -0.25) is 0 Å². The van der Waals surface area contributed by atoms with Crippen LogP contribution in [-0.2, 0) is 4.74 Å². The number of aromatic nitrogens is 3. The molecule has 2 aromatic heterocycles. The maximum absolute atomic E-state index is 15.0. The van der Waals surface area contributed by atoms with Gasteiger partial charge in [0.2, 0.25) is 0 Å². The summed E-state index contributed by atoms with van der Waals surface area (Å²) in [6, 6.07) is 8.11. The van der Waals surface area contributed by atoms with Crippen LogP contribution in [0.2, 0.25) is 5.02 Å². The fraction of sp³-hybridized carbons (Fsp3) is 0.409. The quantitative estimate of drug-likeness (QED) is 0.585. The van der Waals surface area contributed by atoms with Crippen molar-refractivity contribution in [2.24, 2.45) is 5.92 Å². The highest BCUT2D eigenvalue weighted by molar-refractivity contribution is 6.32. The molecule has 8 nitrogen and oxygen atoms in total. The van der Waals surface area contributed by atoms with E-state index in [2.05, 4.69) is 25.5 Å². The lowest BCUT2D eigenvalue weighted by Crippen LogP contribution is -2.44. The number of benzene rings is 1. The lowest BCUT2D eigenvalue weighted by Gasteiger charge is -2.28. The molecule has 0 aliphatic carbocycles. The zero-order valence-corrected chi connectivity index (χ0v) is 18.0. The minimum atomic E-state index is -0.597. The third-order valence-electron chi connectivity index (χ3n) is 6.30. The number of piperazine rings is 1. The molecule has 3 saturated heterocycles.